The number of hydrogen-bond acceptors (Lipinski definition) is 6. The summed E-state index contributed by atoms with van der Waals surface area (Å²) in [6.45, 7) is 4.17. The van der Waals surface area contributed by atoms with Crippen molar-refractivity contribution in [2.45, 2.75) is 63.4 Å². The molecule has 0 bridgehead atoms. The van der Waals surface area contributed by atoms with Crippen LogP contribution >= 0.6 is 0 Å². The normalized spacial score (nSPS) is 24.0. The molecule has 0 saturated carbocycles. The van der Waals surface area contributed by atoms with Gasteiger partial charge in [-0.05, 0) is 22.3 Å². The molecule has 2 aliphatic heterocycles. The average molecular weight is 634 g/mol. The first-order valence-electron chi connectivity index (χ1n) is 16.3. The van der Waals surface area contributed by atoms with E-state index in [1.807, 2.05) is 127 Å². The van der Waals surface area contributed by atoms with E-state index in [-0.39, 0.29) is 12.5 Å². The lowest BCUT2D eigenvalue weighted by molar-refractivity contribution is -0.298. The van der Waals surface area contributed by atoms with Crippen LogP contribution in [0.4, 0.5) is 0 Å². The van der Waals surface area contributed by atoms with Gasteiger partial charge in [0.1, 0.15) is 30.0 Å². The molecule has 1 spiro atoms. The van der Waals surface area contributed by atoms with Crippen LogP contribution in [0.5, 0.6) is 0 Å². The summed E-state index contributed by atoms with van der Waals surface area (Å²) in [6, 6.07) is 40.3. The predicted octanol–water partition coefficient (Wildman–Crippen LogP) is 6.52. The standard InChI is InChI=1S/C40H43NO6/c1-31(42)41-24-14-23-40(30-41)39(46-28-35-21-12-5-13-22-35)38(45-27-34-19-10-4-11-20-34)37(44-26-33-17-8-3-9-18-33)36(47-40)29-43-25-32-15-6-2-7-16-32/h2-23,36-39H,24-30H2,1H3/t36-,37-,38+,39-,40-/m1/s1. The molecule has 0 N–H and O–H groups in total. The average Bonchev–Trinajstić information content (AvgIpc) is 3.11. The Morgan fingerprint density at radius 3 is 1.66 bits per heavy atom. The zero-order chi connectivity index (χ0) is 32.3. The highest BCUT2D eigenvalue weighted by molar-refractivity contribution is 5.73. The van der Waals surface area contributed by atoms with E-state index in [1.54, 1.807) is 11.8 Å². The number of nitrogens with zero attached hydrogens (tertiary/aromatic N) is 1. The molecule has 1 saturated heterocycles. The number of amides is 1. The third kappa shape index (κ3) is 8.63. The highest BCUT2D eigenvalue weighted by Crippen LogP contribution is 2.40. The maximum Gasteiger partial charge on any atom is 0.219 e. The van der Waals surface area contributed by atoms with E-state index in [2.05, 4.69) is 6.08 Å². The Balaban J connectivity index is 1.36. The number of ether oxygens (including phenoxy) is 5. The third-order valence-corrected chi connectivity index (χ3v) is 8.69. The van der Waals surface area contributed by atoms with Crippen LogP contribution in [0.3, 0.4) is 0 Å². The molecule has 2 heterocycles. The molecule has 7 nitrogen and oxygen atoms in total. The van der Waals surface area contributed by atoms with Gasteiger partial charge in [0, 0.05) is 13.5 Å². The van der Waals surface area contributed by atoms with Crippen LogP contribution in [0.1, 0.15) is 29.2 Å². The summed E-state index contributed by atoms with van der Waals surface area (Å²) in [5.74, 6) is -0.0276. The second-order valence-electron chi connectivity index (χ2n) is 12.2. The molecule has 0 aromatic heterocycles. The number of hydrogen-bond donors (Lipinski definition) is 0. The van der Waals surface area contributed by atoms with Gasteiger partial charge < -0.3 is 28.6 Å². The van der Waals surface area contributed by atoms with Gasteiger partial charge in [0.15, 0.2) is 0 Å². The first-order valence-corrected chi connectivity index (χ1v) is 16.3. The van der Waals surface area contributed by atoms with E-state index in [4.69, 9.17) is 23.7 Å². The smallest absolute Gasteiger partial charge is 0.219 e. The molecule has 5 atom stereocenters. The van der Waals surface area contributed by atoms with Crippen molar-refractivity contribution in [2.75, 3.05) is 19.7 Å². The summed E-state index contributed by atoms with van der Waals surface area (Å²) in [7, 11) is 0. The van der Waals surface area contributed by atoms with Crippen LogP contribution in [-0.4, -0.2) is 60.5 Å². The van der Waals surface area contributed by atoms with Crippen LogP contribution in [0.15, 0.2) is 133 Å². The van der Waals surface area contributed by atoms with Gasteiger partial charge in [-0.1, -0.05) is 133 Å². The monoisotopic (exact) mass is 633 g/mol. The number of carbonyl (C=O) groups excluding carboxylic acids is 1. The van der Waals surface area contributed by atoms with Gasteiger partial charge in [0.05, 0.1) is 39.6 Å². The molecule has 1 fully saturated rings. The zero-order valence-electron chi connectivity index (χ0n) is 26.9. The summed E-state index contributed by atoms with van der Waals surface area (Å²) in [6.07, 6.45) is 1.83. The van der Waals surface area contributed by atoms with Crippen molar-refractivity contribution in [3.05, 3.63) is 156 Å². The quantitative estimate of drug-likeness (QED) is 0.156. The SMILES string of the molecule is CC(=O)N1CC=C[C@]2(C1)O[C@H](COCc1ccccc1)[C@@H](OCc1ccccc1)[C@H](OCc1ccccc1)[C@H]2OCc1ccccc1. The number of rotatable bonds is 13. The molecular formula is C40H43NO6. The van der Waals surface area contributed by atoms with Crippen molar-refractivity contribution in [2.24, 2.45) is 0 Å². The Hall–Kier alpha value is -4.11. The molecule has 0 aliphatic carbocycles. The molecule has 7 heteroatoms. The minimum absolute atomic E-state index is 0.0276. The van der Waals surface area contributed by atoms with E-state index in [0.717, 1.165) is 22.3 Å². The fraction of sp³-hybridized carbons (Fsp3) is 0.325. The Labute approximate surface area is 277 Å². The zero-order valence-corrected chi connectivity index (χ0v) is 26.9. The number of carbonyl (C=O) groups is 1. The first-order chi connectivity index (χ1) is 23.1. The topological polar surface area (TPSA) is 66.5 Å². The van der Waals surface area contributed by atoms with Crippen molar-refractivity contribution >= 4 is 5.91 Å². The number of benzene rings is 4. The van der Waals surface area contributed by atoms with Crippen molar-refractivity contribution < 1.29 is 28.5 Å². The van der Waals surface area contributed by atoms with E-state index < -0.39 is 30.0 Å². The summed E-state index contributed by atoms with van der Waals surface area (Å²) in [4.78, 5) is 14.5. The molecule has 0 unspecified atom stereocenters. The predicted molar refractivity (Wildman–Crippen MR) is 180 cm³/mol. The minimum atomic E-state index is -0.993. The second-order valence-corrected chi connectivity index (χ2v) is 12.2. The maximum atomic E-state index is 12.8. The van der Waals surface area contributed by atoms with Crippen molar-refractivity contribution in [1.29, 1.82) is 0 Å². The molecule has 4 aromatic rings. The Morgan fingerprint density at radius 1 is 0.681 bits per heavy atom. The molecule has 6 rings (SSSR count). The molecule has 47 heavy (non-hydrogen) atoms. The van der Waals surface area contributed by atoms with Gasteiger partial charge >= 0.3 is 0 Å². The fourth-order valence-electron chi connectivity index (χ4n) is 6.28. The summed E-state index contributed by atoms with van der Waals surface area (Å²) in [5, 5.41) is 0. The molecule has 0 radical (unpaired) electrons. The van der Waals surface area contributed by atoms with E-state index >= 15 is 0 Å². The van der Waals surface area contributed by atoms with Gasteiger partial charge in [-0.15, -0.1) is 0 Å². The summed E-state index contributed by atoms with van der Waals surface area (Å²) in [5.41, 5.74) is 3.19. The second kappa shape index (κ2) is 16.1. The highest BCUT2D eigenvalue weighted by atomic mass is 16.6. The molecule has 244 valence electrons. The summed E-state index contributed by atoms with van der Waals surface area (Å²) < 4.78 is 33.9. The molecular weight excluding hydrogens is 590 g/mol. The first kappa shape index (κ1) is 32.8. The lowest BCUT2D eigenvalue weighted by Gasteiger charge is -2.54. The van der Waals surface area contributed by atoms with Crippen LogP contribution in [0.25, 0.3) is 0 Å². The molecule has 1 amide bonds. The molecule has 4 aromatic carbocycles. The Morgan fingerprint density at radius 2 is 1.15 bits per heavy atom. The largest absolute Gasteiger partial charge is 0.374 e. The lowest BCUT2D eigenvalue weighted by atomic mass is 9.82. The van der Waals surface area contributed by atoms with Gasteiger partial charge in [0.25, 0.3) is 0 Å². The fourth-order valence-corrected chi connectivity index (χ4v) is 6.28. The van der Waals surface area contributed by atoms with Gasteiger partial charge in [-0.2, -0.15) is 0 Å². The van der Waals surface area contributed by atoms with Crippen LogP contribution in [-0.2, 0) is 54.9 Å². The maximum absolute atomic E-state index is 12.8. The van der Waals surface area contributed by atoms with Crippen molar-refractivity contribution in [3.8, 4) is 0 Å². The van der Waals surface area contributed by atoms with Gasteiger partial charge in [0.2, 0.25) is 5.91 Å². The van der Waals surface area contributed by atoms with E-state index in [0.29, 0.717) is 39.5 Å². The van der Waals surface area contributed by atoms with Crippen LogP contribution < -0.4 is 0 Å². The minimum Gasteiger partial charge on any atom is -0.374 e. The summed E-state index contributed by atoms with van der Waals surface area (Å²) >= 11 is 0. The van der Waals surface area contributed by atoms with Gasteiger partial charge in [-0.3, -0.25) is 4.79 Å². The van der Waals surface area contributed by atoms with Crippen LogP contribution in [0, 0.1) is 0 Å². The van der Waals surface area contributed by atoms with Gasteiger partial charge in [-0.25, -0.2) is 0 Å². The van der Waals surface area contributed by atoms with Crippen molar-refractivity contribution in [1.82, 2.24) is 4.90 Å². The Kier molecular flexibility index (Phi) is 11.3. The van der Waals surface area contributed by atoms with Crippen LogP contribution in [0.2, 0.25) is 0 Å². The van der Waals surface area contributed by atoms with Crippen molar-refractivity contribution in [3.63, 3.8) is 0 Å². The van der Waals surface area contributed by atoms with E-state index in [9.17, 15) is 4.79 Å². The molecule has 2 aliphatic rings. The lowest BCUT2D eigenvalue weighted by Crippen LogP contribution is -2.70. The van der Waals surface area contributed by atoms with E-state index in [1.165, 1.54) is 0 Å². The highest BCUT2D eigenvalue weighted by Gasteiger charge is 2.57. The Bertz CT molecular complexity index is 1550. The third-order valence-electron chi connectivity index (χ3n) is 8.69.